The Morgan fingerprint density at radius 3 is 2.53 bits per heavy atom. The van der Waals surface area contributed by atoms with Gasteiger partial charge in [0.15, 0.2) is 5.69 Å². The fraction of sp³-hybridized carbons (Fsp3) is 0.304. The summed E-state index contributed by atoms with van der Waals surface area (Å²) in [6.45, 7) is 0.908. The summed E-state index contributed by atoms with van der Waals surface area (Å²) < 4.78 is 8.12. The lowest BCUT2D eigenvalue weighted by molar-refractivity contribution is 0.0357. The lowest BCUT2D eigenvalue weighted by atomic mass is 10.0. The van der Waals surface area contributed by atoms with Gasteiger partial charge < -0.3 is 14.7 Å². The van der Waals surface area contributed by atoms with E-state index in [4.69, 9.17) is 27.9 Å². The Balaban J connectivity index is 1.87. The normalized spacial score (nSPS) is 14.5. The van der Waals surface area contributed by atoms with Gasteiger partial charge in [0.2, 0.25) is 0 Å². The van der Waals surface area contributed by atoms with E-state index in [2.05, 4.69) is 27.7 Å². The molecular formula is C23H22Cl2IN3O3. The Kier molecular flexibility index (Phi) is 7.41. The zero-order chi connectivity index (χ0) is 22.8. The number of carbonyl (C=O) groups is 1. The second kappa shape index (κ2) is 10.1. The van der Waals surface area contributed by atoms with Gasteiger partial charge in [-0.2, -0.15) is 5.10 Å². The number of rotatable bonds is 5. The molecule has 2 aromatic carbocycles. The molecule has 0 atom stereocenters. The minimum Gasteiger partial charge on any atom is -0.392 e. The van der Waals surface area contributed by atoms with Crippen molar-refractivity contribution in [1.29, 1.82) is 0 Å². The Bertz CT molecular complexity index is 1130. The van der Waals surface area contributed by atoms with Crippen molar-refractivity contribution in [3.05, 3.63) is 67.3 Å². The zero-order valence-electron chi connectivity index (χ0n) is 17.4. The van der Waals surface area contributed by atoms with Crippen molar-refractivity contribution in [3.63, 3.8) is 0 Å². The van der Waals surface area contributed by atoms with Crippen molar-refractivity contribution in [2.45, 2.75) is 25.5 Å². The second-order valence-electron chi connectivity index (χ2n) is 7.61. The molecule has 0 unspecified atom stereocenters. The number of hydrogen-bond donors (Lipinski definition) is 1. The second-order valence-corrected chi connectivity index (χ2v) is 9.70. The van der Waals surface area contributed by atoms with E-state index in [1.165, 1.54) is 0 Å². The number of nitrogens with zero attached hydrogens (tertiary/aromatic N) is 3. The molecule has 0 saturated carbocycles. The van der Waals surface area contributed by atoms with E-state index >= 15 is 0 Å². The monoisotopic (exact) mass is 585 g/mol. The minimum absolute atomic E-state index is 0.0637. The summed E-state index contributed by atoms with van der Waals surface area (Å²) in [6, 6.07) is 13.0. The van der Waals surface area contributed by atoms with E-state index in [9.17, 15) is 9.90 Å². The highest BCUT2D eigenvalue weighted by molar-refractivity contribution is 14.1. The summed E-state index contributed by atoms with van der Waals surface area (Å²) in [4.78, 5) is 15.2. The standard InChI is InChI=1S/C23H22Cl2IN3O3/c1-28(17-8-10-32-11-9-17)23(31)21-18(13-30)22(14-2-5-16(26)6-3-14)29(27-21)20-7-4-15(24)12-19(20)25/h2-7,12,17,30H,8-11,13H2,1H3. The maximum atomic E-state index is 13.5. The quantitative estimate of drug-likeness (QED) is 0.418. The molecule has 1 aliphatic heterocycles. The van der Waals surface area contributed by atoms with Crippen LogP contribution < -0.4 is 0 Å². The maximum Gasteiger partial charge on any atom is 0.274 e. The molecule has 1 N–H and O–H groups in total. The molecule has 168 valence electrons. The molecule has 0 bridgehead atoms. The molecule has 0 radical (unpaired) electrons. The van der Waals surface area contributed by atoms with Gasteiger partial charge in [0.25, 0.3) is 5.91 Å². The summed E-state index contributed by atoms with van der Waals surface area (Å²) in [5.74, 6) is -0.239. The first-order valence-corrected chi connectivity index (χ1v) is 12.0. The molecule has 1 aromatic heterocycles. The van der Waals surface area contributed by atoms with Gasteiger partial charge in [0.05, 0.1) is 23.0 Å². The van der Waals surface area contributed by atoms with Crippen molar-refractivity contribution < 1.29 is 14.6 Å². The summed E-state index contributed by atoms with van der Waals surface area (Å²) in [5.41, 5.74) is 2.69. The van der Waals surface area contributed by atoms with Crippen molar-refractivity contribution >= 4 is 51.7 Å². The molecule has 9 heteroatoms. The molecule has 6 nitrogen and oxygen atoms in total. The Labute approximate surface area is 210 Å². The SMILES string of the molecule is CN(C(=O)c1nn(-c2ccc(Cl)cc2Cl)c(-c2ccc(I)cc2)c1CO)C1CCOCC1. The molecule has 2 heterocycles. The number of hydrogen-bond acceptors (Lipinski definition) is 4. The van der Waals surface area contributed by atoms with Gasteiger partial charge in [-0.05, 0) is 65.8 Å². The van der Waals surface area contributed by atoms with Crippen LogP contribution in [-0.4, -0.2) is 52.0 Å². The molecule has 1 fully saturated rings. The minimum atomic E-state index is -0.338. The van der Waals surface area contributed by atoms with E-state index in [0.29, 0.717) is 40.2 Å². The average Bonchev–Trinajstić information content (AvgIpc) is 3.18. The molecule has 1 amide bonds. The van der Waals surface area contributed by atoms with Crippen LogP contribution in [0.3, 0.4) is 0 Å². The van der Waals surface area contributed by atoms with Gasteiger partial charge >= 0.3 is 0 Å². The fourth-order valence-electron chi connectivity index (χ4n) is 3.91. The lowest BCUT2D eigenvalue weighted by Crippen LogP contribution is -2.41. The molecule has 0 aliphatic carbocycles. The fourth-order valence-corrected chi connectivity index (χ4v) is 4.76. The van der Waals surface area contributed by atoms with Crippen LogP contribution in [0, 0.1) is 3.57 Å². The first-order valence-electron chi connectivity index (χ1n) is 10.2. The highest BCUT2D eigenvalue weighted by atomic mass is 127. The van der Waals surface area contributed by atoms with Crippen molar-refractivity contribution in [3.8, 4) is 16.9 Å². The number of amides is 1. The number of carbonyl (C=O) groups excluding carboxylic acids is 1. The van der Waals surface area contributed by atoms with Gasteiger partial charge in [-0.1, -0.05) is 35.3 Å². The largest absolute Gasteiger partial charge is 0.392 e. The summed E-state index contributed by atoms with van der Waals surface area (Å²) in [5, 5.41) is 15.9. The van der Waals surface area contributed by atoms with Crippen LogP contribution in [0.1, 0.15) is 28.9 Å². The summed E-state index contributed by atoms with van der Waals surface area (Å²) in [7, 11) is 1.78. The predicted molar refractivity (Wildman–Crippen MR) is 134 cm³/mol. The molecule has 3 aromatic rings. The van der Waals surface area contributed by atoms with E-state index in [1.807, 2.05) is 24.3 Å². The number of halogens is 3. The maximum absolute atomic E-state index is 13.5. The molecular weight excluding hydrogens is 564 g/mol. The number of aromatic nitrogens is 2. The summed E-state index contributed by atoms with van der Waals surface area (Å²) >= 11 is 14.8. The Hall–Kier alpha value is -1.65. The summed E-state index contributed by atoms with van der Waals surface area (Å²) in [6.07, 6.45) is 1.54. The molecule has 32 heavy (non-hydrogen) atoms. The van der Waals surface area contributed by atoms with Crippen LogP contribution in [0.4, 0.5) is 0 Å². The predicted octanol–water partition coefficient (Wildman–Crippen LogP) is 5.19. The van der Waals surface area contributed by atoms with Crippen molar-refractivity contribution in [2.24, 2.45) is 0 Å². The first-order chi connectivity index (χ1) is 15.4. The van der Waals surface area contributed by atoms with Crippen LogP contribution in [0.15, 0.2) is 42.5 Å². The molecule has 4 rings (SSSR count). The number of ether oxygens (including phenoxy) is 1. The highest BCUT2D eigenvalue weighted by Crippen LogP contribution is 2.34. The third-order valence-electron chi connectivity index (χ3n) is 5.66. The van der Waals surface area contributed by atoms with Gasteiger partial charge in [-0.3, -0.25) is 4.79 Å². The van der Waals surface area contributed by atoms with E-state index in [1.54, 1.807) is 34.8 Å². The molecule has 1 saturated heterocycles. The number of aliphatic hydroxyl groups excluding tert-OH is 1. The van der Waals surface area contributed by atoms with Gasteiger partial charge in [-0.15, -0.1) is 0 Å². The van der Waals surface area contributed by atoms with Gasteiger partial charge in [0.1, 0.15) is 0 Å². The Morgan fingerprint density at radius 2 is 1.91 bits per heavy atom. The number of aliphatic hydroxyl groups is 1. The van der Waals surface area contributed by atoms with E-state index in [-0.39, 0.29) is 24.2 Å². The molecule has 0 spiro atoms. The van der Waals surface area contributed by atoms with Gasteiger partial charge in [-0.25, -0.2) is 4.68 Å². The van der Waals surface area contributed by atoms with Gasteiger partial charge in [0, 0.05) is 46.0 Å². The van der Waals surface area contributed by atoms with Crippen LogP contribution in [0.5, 0.6) is 0 Å². The lowest BCUT2D eigenvalue weighted by Gasteiger charge is -2.30. The van der Waals surface area contributed by atoms with Crippen LogP contribution in [0.2, 0.25) is 10.0 Å². The zero-order valence-corrected chi connectivity index (χ0v) is 21.1. The molecule has 1 aliphatic rings. The average molecular weight is 586 g/mol. The van der Waals surface area contributed by atoms with E-state index < -0.39 is 0 Å². The van der Waals surface area contributed by atoms with Crippen LogP contribution >= 0.6 is 45.8 Å². The van der Waals surface area contributed by atoms with Crippen LogP contribution in [0.25, 0.3) is 16.9 Å². The number of benzene rings is 2. The van der Waals surface area contributed by atoms with Crippen LogP contribution in [-0.2, 0) is 11.3 Å². The Morgan fingerprint density at radius 1 is 1.22 bits per heavy atom. The third kappa shape index (κ3) is 4.68. The van der Waals surface area contributed by atoms with E-state index in [0.717, 1.165) is 22.0 Å². The van der Waals surface area contributed by atoms with Crippen molar-refractivity contribution in [2.75, 3.05) is 20.3 Å². The highest BCUT2D eigenvalue weighted by Gasteiger charge is 2.30. The first kappa shape index (κ1) is 23.5. The smallest absolute Gasteiger partial charge is 0.274 e. The topological polar surface area (TPSA) is 67.6 Å². The van der Waals surface area contributed by atoms with Crippen molar-refractivity contribution in [1.82, 2.24) is 14.7 Å². The third-order valence-corrected chi connectivity index (χ3v) is 6.92.